The molecule has 16 heavy (non-hydrogen) atoms. The molecule has 0 radical (unpaired) electrons. The molecule has 2 rings (SSSR count). The molecule has 1 saturated heterocycles. The van der Waals surface area contributed by atoms with Crippen LogP contribution >= 0.6 is 12.6 Å². The molecule has 1 heterocycles. The molecule has 0 aromatic rings. The second-order valence-electron chi connectivity index (χ2n) is 5.76. The monoisotopic (exact) mass is 243 g/mol. The lowest BCUT2D eigenvalue weighted by Gasteiger charge is -2.38. The molecule has 1 amide bonds. The summed E-state index contributed by atoms with van der Waals surface area (Å²) in [4.78, 5) is 14.1. The summed E-state index contributed by atoms with van der Waals surface area (Å²) in [6, 6.07) is 0. The number of hydrogen-bond donors (Lipinski definition) is 1. The average Bonchev–Trinajstić information content (AvgIpc) is 2.97. The maximum absolute atomic E-state index is 12.1. The standard InChI is InChI=1S/C12H21NO2S/c1-11(2)8-13(5-6-15-11)10(14)7-12(9-16)3-4-12/h16H,3-9H2,1-2H3. The van der Waals surface area contributed by atoms with Crippen LogP contribution in [0.25, 0.3) is 0 Å². The zero-order valence-electron chi connectivity index (χ0n) is 10.2. The van der Waals surface area contributed by atoms with Crippen molar-refractivity contribution in [1.82, 2.24) is 4.90 Å². The minimum atomic E-state index is -0.189. The Labute approximate surface area is 103 Å². The van der Waals surface area contributed by atoms with E-state index in [0.29, 0.717) is 19.6 Å². The third-order valence-electron chi connectivity index (χ3n) is 3.60. The van der Waals surface area contributed by atoms with E-state index < -0.39 is 0 Å². The summed E-state index contributed by atoms with van der Waals surface area (Å²) in [7, 11) is 0. The Morgan fingerprint density at radius 3 is 2.62 bits per heavy atom. The third-order valence-corrected chi connectivity index (χ3v) is 4.27. The van der Waals surface area contributed by atoms with Gasteiger partial charge < -0.3 is 9.64 Å². The molecule has 1 aliphatic carbocycles. The Balaban J connectivity index is 1.89. The van der Waals surface area contributed by atoms with Crippen LogP contribution < -0.4 is 0 Å². The van der Waals surface area contributed by atoms with E-state index in [0.717, 1.165) is 25.1 Å². The van der Waals surface area contributed by atoms with Crippen molar-refractivity contribution in [2.75, 3.05) is 25.4 Å². The average molecular weight is 243 g/mol. The Morgan fingerprint density at radius 2 is 2.12 bits per heavy atom. The molecule has 0 unspecified atom stereocenters. The van der Waals surface area contributed by atoms with Crippen molar-refractivity contribution in [3.05, 3.63) is 0 Å². The van der Waals surface area contributed by atoms with E-state index in [4.69, 9.17) is 4.74 Å². The topological polar surface area (TPSA) is 29.5 Å². The molecule has 0 aromatic carbocycles. The van der Waals surface area contributed by atoms with Crippen LogP contribution in [0.1, 0.15) is 33.1 Å². The predicted octanol–water partition coefficient (Wildman–Crippen LogP) is 1.72. The molecule has 0 N–H and O–H groups in total. The summed E-state index contributed by atoms with van der Waals surface area (Å²) < 4.78 is 5.61. The number of amides is 1. The Morgan fingerprint density at radius 1 is 1.44 bits per heavy atom. The summed E-state index contributed by atoms with van der Waals surface area (Å²) in [6.07, 6.45) is 3.00. The lowest BCUT2D eigenvalue weighted by Crippen LogP contribution is -2.51. The molecular weight excluding hydrogens is 222 g/mol. The summed E-state index contributed by atoms with van der Waals surface area (Å²) in [5, 5.41) is 0. The van der Waals surface area contributed by atoms with Crippen LogP contribution in [-0.4, -0.2) is 41.9 Å². The number of nitrogens with zero attached hydrogens (tertiary/aromatic N) is 1. The fourth-order valence-electron chi connectivity index (χ4n) is 2.23. The van der Waals surface area contributed by atoms with Gasteiger partial charge in [-0.15, -0.1) is 0 Å². The first-order chi connectivity index (χ1) is 7.46. The van der Waals surface area contributed by atoms with Crippen LogP contribution in [0.15, 0.2) is 0 Å². The quantitative estimate of drug-likeness (QED) is 0.765. The van der Waals surface area contributed by atoms with Crippen molar-refractivity contribution in [1.29, 1.82) is 0 Å². The summed E-state index contributed by atoms with van der Waals surface area (Å²) in [5.41, 5.74) is 0.0359. The second kappa shape index (κ2) is 4.22. The van der Waals surface area contributed by atoms with Crippen LogP contribution in [0.3, 0.4) is 0 Å². The molecule has 0 bridgehead atoms. The minimum absolute atomic E-state index is 0.189. The Kier molecular flexibility index (Phi) is 3.23. The highest BCUT2D eigenvalue weighted by Crippen LogP contribution is 2.49. The minimum Gasteiger partial charge on any atom is -0.372 e. The van der Waals surface area contributed by atoms with Gasteiger partial charge >= 0.3 is 0 Å². The molecule has 3 nitrogen and oxygen atoms in total. The molecule has 2 fully saturated rings. The van der Waals surface area contributed by atoms with E-state index in [1.54, 1.807) is 0 Å². The van der Waals surface area contributed by atoms with Gasteiger partial charge in [0.05, 0.1) is 12.2 Å². The first-order valence-electron chi connectivity index (χ1n) is 5.99. The van der Waals surface area contributed by atoms with E-state index in [1.807, 2.05) is 18.7 Å². The third kappa shape index (κ3) is 2.72. The SMILES string of the molecule is CC1(C)CN(C(=O)CC2(CS)CC2)CCO1. The zero-order valence-corrected chi connectivity index (χ0v) is 11.1. The van der Waals surface area contributed by atoms with Crippen LogP contribution in [0.5, 0.6) is 0 Å². The fraction of sp³-hybridized carbons (Fsp3) is 0.917. The van der Waals surface area contributed by atoms with Gasteiger partial charge in [0.25, 0.3) is 0 Å². The van der Waals surface area contributed by atoms with Crippen LogP contribution in [0.4, 0.5) is 0 Å². The van der Waals surface area contributed by atoms with Crippen LogP contribution in [0.2, 0.25) is 0 Å². The first kappa shape index (κ1) is 12.2. The number of hydrogen-bond acceptors (Lipinski definition) is 3. The van der Waals surface area contributed by atoms with Crippen molar-refractivity contribution in [2.45, 2.75) is 38.7 Å². The molecule has 0 atom stereocenters. The van der Waals surface area contributed by atoms with Gasteiger partial charge in [-0.2, -0.15) is 12.6 Å². The maximum atomic E-state index is 12.1. The molecule has 0 spiro atoms. The van der Waals surface area contributed by atoms with Gasteiger partial charge in [0.1, 0.15) is 0 Å². The lowest BCUT2D eigenvalue weighted by atomic mass is 10.0. The van der Waals surface area contributed by atoms with Gasteiger partial charge in [0.15, 0.2) is 0 Å². The highest BCUT2D eigenvalue weighted by atomic mass is 32.1. The van der Waals surface area contributed by atoms with Gasteiger partial charge in [0.2, 0.25) is 5.91 Å². The maximum Gasteiger partial charge on any atom is 0.223 e. The summed E-state index contributed by atoms with van der Waals surface area (Å²) in [6.45, 7) is 6.20. The van der Waals surface area contributed by atoms with E-state index in [9.17, 15) is 4.79 Å². The van der Waals surface area contributed by atoms with Crippen molar-refractivity contribution < 1.29 is 9.53 Å². The van der Waals surface area contributed by atoms with Gasteiger partial charge in [-0.05, 0) is 37.9 Å². The first-order valence-corrected chi connectivity index (χ1v) is 6.62. The van der Waals surface area contributed by atoms with E-state index in [1.165, 1.54) is 0 Å². The summed E-state index contributed by atoms with van der Waals surface area (Å²) >= 11 is 4.34. The second-order valence-corrected chi connectivity index (χ2v) is 6.07. The van der Waals surface area contributed by atoms with E-state index in [-0.39, 0.29) is 16.9 Å². The van der Waals surface area contributed by atoms with Gasteiger partial charge in [0, 0.05) is 19.5 Å². The molecule has 1 saturated carbocycles. The number of morpholine rings is 1. The fourth-order valence-corrected chi connectivity index (χ4v) is 2.66. The normalized spacial score (nSPS) is 26.6. The summed E-state index contributed by atoms with van der Waals surface area (Å²) in [5.74, 6) is 1.12. The molecular formula is C12H21NO2S. The largest absolute Gasteiger partial charge is 0.372 e. The van der Waals surface area contributed by atoms with Crippen molar-refractivity contribution in [3.8, 4) is 0 Å². The van der Waals surface area contributed by atoms with Crippen LogP contribution in [0, 0.1) is 5.41 Å². The smallest absolute Gasteiger partial charge is 0.223 e. The van der Waals surface area contributed by atoms with E-state index >= 15 is 0 Å². The Bertz CT molecular complexity index is 287. The highest BCUT2D eigenvalue weighted by Gasteiger charge is 2.44. The molecule has 4 heteroatoms. The molecule has 92 valence electrons. The van der Waals surface area contributed by atoms with Gasteiger partial charge in [-0.25, -0.2) is 0 Å². The van der Waals surface area contributed by atoms with Crippen molar-refractivity contribution in [3.63, 3.8) is 0 Å². The number of rotatable bonds is 3. The molecule has 1 aliphatic heterocycles. The van der Waals surface area contributed by atoms with Gasteiger partial charge in [-0.3, -0.25) is 4.79 Å². The van der Waals surface area contributed by atoms with Crippen molar-refractivity contribution >= 4 is 18.5 Å². The highest BCUT2D eigenvalue weighted by molar-refractivity contribution is 7.80. The predicted molar refractivity (Wildman–Crippen MR) is 66.7 cm³/mol. The van der Waals surface area contributed by atoms with Crippen molar-refractivity contribution in [2.24, 2.45) is 5.41 Å². The number of carbonyl (C=O) groups is 1. The lowest BCUT2D eigenvalue weighted by molar-refractivity contribution is -0.147. The zero-order chi connectivity index (χ0) is 11.8. The molecule has 0 aromatic heterocycles. The molecule has 2 aliphatic rings. The number of thiol groups is 1. The Hall–Kier alpha value is -0.220. The number of carbonyl (C=O) groups excluding carboxylic acids is 1. The number of ether oxygens (including phenoxy) is 1. The van der Waals surface area contributed by atoms with E-state index in [2.05, 4.69) is 12.6 Å². The van der Waals surface area contributed by atoms with Crippen LogP contribution in [-0.2, 0) is 9.53 Å². The van der Waals surface area contributed by atoms with Gasteiger partial charge in [-0.1, -0.05) is 0 Å².